The van der Waals surface area contributed by atoms with Gasteiger partial charge in [-0.3, -0.25) is 0 Å². The Morgan fingerprint density at radius 1 is 1.07 bits per heavy atom. The minimum absolute atomic E-state index is 1.05. The molecule has 0 aromatic rings. The predicted octanol–water partition coefficient (Wildman–Crippen LogP) is 5.43. The summed E-state index contributed by atoms with van der Waals surface area (Å²) in [6.45, 7) is 4.44. The van der Waals surface area contributed by atoms with Gasteiger partial charge < -0.3 is 0 Å². The van der Waals surface area contributed by atoms with Gasteiger partial charge in [0.05, 0.1) is 0 Å². The fraction of sp³-hybridized carbons (Fsp3) is 0.714. The van der Waals surface area contributed by atoms with Gasteiger partial charge in [-0.05, 0) is 25.3 Å². The summed E-state index contributed by atoms with van der Waals surface area (Å²) in [5, 5.41) is 0. The van der Waals surface area contributed by atoms with Crippen molar-refractivity contribution >= 4 is 15.9 Å². The molecule has 0 aliphatic rings. The number of allylic oxidation sites excluding steroid dienone is 2. The molecule has 0 rings (SSSR count). The first kappa shape index (κ1) is 14.8. The highest BCUT2D eigenvalue weighted by molar-refractivity contribution is 9.11. The molecule has 0 N–H and O–H groups in total. The highest BCUT2D eigenvalue weighted by atomic mass is 79.9. The van der Waals surface area contributed by atoms with Crippen molar-refractivity contribution in [2.75, 3.05) is 0 Å². The summed E-state index contributed by atoms with van der Waals surface area (Å²) < 4.78 is 1.24. The van der Waals surface area contributed by atoms with Gasteiger partial charge in [-0.2, -0.15) is 0 Å². The van der Waals surface area contributed by atoms with E-state index in [1.165, 1.54) is 43.0 Å². The van der Waals surface area contributed by atoms with Crippen molar-refractivity contribution in [3.63, 3.8) is 0 Å². The van der Waals surface area contributed by atoms with Crippen molar-refractivity contribution in [1.29, 1.82) is 0 Å². The van der Waals surface area contributed by atoms with Gasteiger partial charge in [0.15, 0.2) is 0 Å². The Morgan fingerprint density at radius 3 is 2.47 bits per heavy atom. The summed E-state index contributed by atoms with van der Waals surface area (Å²) in [5.74, 6) is 6.31. The van der Waals surface area contributed by atoms with Crippen LogP contribution in [-0.4, -0.2) is 0 Å². The maximum Gasteiger partial charge on any atom is 0.00922 e. The lowest BCUT2D eigenvalue weighted by molar-refractivity contribution is 0.679. The molecule has 15 heavy (non-hydrogen) atoms. The van der Waals surface area contributed by atoms with Crippen LogP contribution in [0, 0.1) is 11.8 Å². The summed E-state index contributed by atoms with van der Waals surface area (Å²) in [6.07, 6.45) is 11.9. The molecule has 0 saturated heterocycles. The first-order valence-electron chi connectivity index (χ1n) is 6.14. The molecule has 0 saturated carbocycles. The molecule has 0 spiro atoms. The molecule has 0 fully saturated rings. The number of rotatable bonds is 7. The fourth-order valence-electron chi connectivity index (χ4n) is 1.26. The standard InChI is InChI=1S/C14H23Br/c1-3-5-7-8-9-10-11-13-14(15)12-6-4-2/h13H,3-9,12H2,1-2H3/b14-13-. The van der Waals surface area contributed by atoms with Gasteiger partial charge in [0.2, 0.25) is 0 Å². The van der Waals surface area contributed by atoms with Crippen molar-refractivity contribution in [2.45, 2.75) is 65.2 Å². The van der Waals surface area contributed by atoms with Crippen molar-refractivity contribution in [3.8, 4) is 11.8 Å². The SMILES string of the molecule is CCCCCCC#C/C=C(\Br)CCCC. The first-order chi connectivity index (χ1) is 7.31. The molecule has 0 radical (unpaired) electrons. The van der Waals surface area contributed by atoms with Crippen LogP contribution in [0.3, 0.4) is 0 Å². The van der Waals surface area contributed by atoms with E-state index in [1.807, 2.05) is 6.08 Å². The molecule has 0 aliphatic heterocycles. The quantitative estimate of drug-likeness (QED) is 0.428. The van der Waals surface area contributed by atoms with Gasteiger partial charge in [0, 0.05) is 10.9 Å². The third-order valence-corrected chi connectivity index (χ3v) is 2.88. The van der Waals surface area contributed by atoms with E-state index in [1.54, 1.807) is 0 Å². The number of hydrogen-bond donors (Lipinski definition) is 0. The van der Waals surface area contributed by atoms with Crippen LogP contribution in [0.15, 0.2) is 10.6 Å². The zero-order chi connectivity index (χ0) is 11.4. The molecule has 1 heteroatoms. The zero-order valence-electron chi connectivity index (χ0n) is 10.1. The van der Waals surface area contributed by atoms with E-state index >= 15 is 0 Å². The molecule has 0 unspecified atom stereocenters. The second kappa shape index (κ2) is 11.9. The van der Waals surface area contributed by atoms with Gasteiger partial charge in [-0.25, -0.2) is 0 Å². The van der Waals surface area contributed by atoms with E-state index in [4.69, 9.17) is 0 Å². The summed E-state index contributed by atoms with van der Waals surface area (Å²) >= 11 is 3.53. The van der Waals surface area contributed by atoms with Crippen molar-refractivity contribution < 1.29 is 0 Å². The first-order valence-corrected chi connectivity index (χ1v) is 6.93. The molecule has 0 nitrogen and oxygen atoms in total. The number of unbranched alkanes of at least 4 members (excludes halogenated alkanes) is 5. The van der Waals surface area contributed by atoms with Crippen LogP contribution in [0.25, 0.3) is 0 Å². The van der Waals surface area contributed by atoms with Crippen molar-refractivity contribution in [3.05, 3.63) is 10.6 Å². The van der Waals surface area contributed by atoms with Gasteiger partial charge in [-0.1, -0.05) is 67.3 Å². The van der Waals surface area contributed by atoms with Crippen LogP contribution >= 0.6 is 15.9 Å². The lowest BCUT2D eigenvalue weighted by Gasteiger charge is -1.93. The Morgan fingerprint density at radius 2 is 1.80 bits per heavy atom. The van der Waals surface area contributed by atoms with E-state index in [0.717, 1.165) is 12.8 Å². The molecule has 0 aromatic heterocycles. The second-order valence-corrected chi connectivity index (χ2v) is 4.85. The van der Waals surface area contributed by atoms with Crippen LogP contribution in [0.4, 0.5) is 0 Å². The summed E-state index contributed by atoms with van der Waals surface area (Å²) in [6, 6.07) is 0. The van der Waals surface area contributed by atoms with E-state index < -0.39 is 0 Å². The fourth-order valence-corrected chi connectivity index (χ4v) is 1.65. The maximum atomic E-state index is 3.53. The normalized spacial score (nSPS) is 11.0. The lowest BCUT2D eigenvalue weighted by atomic mass is 10.1. The average Bonchev–Trinajstić information content (AvgIpc) is 2.25. The maximum absolute atomic E-state index is 3.53. The Labute approximate surface area is 104 Å². The molecule has 0 amide bonds. The number of halogens is 1. The molecule has 0 atom stereocenters. The smallest absolute Gasteiger partial charge is 0.00922 e. The second-order valence-electron chi connectivity index (χ2n) is 3.83. The minimum Gasteiger partial charge on any atom is -0.0985 e. The monoisotopic (exact) mass is 270 g/mol. The lowest BCUT2D eigenvalue weighted by Crippen LogP contribution is -1.74. The Kier molecular flexibility index (Phi) is 11.7. The van der Waals surface area contributed by atoms with Crippen LogP contribution < -0.4 is 0 Å². The van der Waals surface area contributed by atoms with Crippen LogP contribution in [0.2, 0.25) is 0 Å². The van der Waals surface area contributed by atoms with Gasteiger partial charge in [0.1, 0.15) is 0 Å². The number of hydrogen-bond acceptors (Lipinski definition) is 0. The summed E-state index contributed by atoms with van der Waals surface area (Å²) in [5.41, 5.74) is 0. The van der Waals surface area contributed by atoms with Crippen molar-refractivity contribution in [1.82, 2.24) is 0 Å². The zero-order valence-corrected chi connectivity index (χ0v) is 11.7. The van der Waals surface area contributed by atoms with Crippen LogP contribution in [-0.2, 0) is 0 Å². The Bertz CT molecular complexity index is 217. The average molecular weight is 271 g/mol. The third kappa shape index (κ3) is 11.7. The molecule has 0 bridgehead atoms. The molecule has 86 valence electrons. The van der Waals surface area contributed by atoms with E-state index in [2.05, 4.69) is 41.6 Å². The minimum atomic E-state index is 1.05. The molecular formula is C14H23Br. The Hall–Kier alpha value is -0.220. The highest BCUT2D eigenvalue weighted by Crippen LogP contribution is 2.13. The summed E-state index contributed by atoms with van der Waals surface area (Å²) in [4.78, 5) is 0. The third-order valence-electron chi connectivity index (χ3n) is 2.26. The van der Waals surface area contributed by atoms with Crippen molar-refractivity contribution in [2.24, 2.45) is 0 Å². The van der Waals surface area contributed by atoms with Gasteiger partial charge >= 0.3 is 0 Å². The molecular weight excluding hydrogens is 248 g/mol. The molecule has 0 aromatic carbocycles. The molecule has 0 heterocycles. The predicted molar refractivity (Wildman–Crippen MR) is 73.1 cm³/mol. The summed E-state index contributed by atoms with van der Waals surface area (Å²) in [7, 11) is 0. The van der Waals surface area contributed by atoms with Gasteiger partial charge in [-0.15, -0.1) is 0 Å². The van der Waals surface area contributed by atoms with E-state index in [0.29, 0.717) is 0 Å². The molecule has 0 aliphatic carbocycles. The largest absolute Gasteiger partial charge is 0.0985 e. The van der Waals surface area contributed by atoms with E-state index in [9.17, 15) is 0 Å². The Balaban J connectivity index is 3.50. The highest BCUT2D eigenvalue weighted by Gasteiger charge is 1.88. The van der Waals surface area contributed by atoms with E-state index in [-0.39, 0.29) is 0 Å². The van der Waals surface area contributed by atoms with Crippen LogP contribution in [0.5, 0.6) is 0 Å². The van der Waals surface area contributed by atoms with Crippen LogP contribution in [0.1, 0.15) is 65.2 Å². The van der Waals surface area contributed by atoms with Gasteiger partial charge in [0.25, 0.3) is 0 Å². The topological polar surface area (TPSA) is 0 Å².